The lowest BCUT2D eigenvalue weighted by molar-refractivity contribution is -0.138. The molecule has 0 heterocycles. The van der Waals surface area contributed by atoms with E-state index in [1.54, 1.807) is 6.92 Å². The molecule has 4 heteroatoms. The molecule has 1 fully saturated rings. The zero-order valence-electron chi connectivity index (χ0n) is 24.9. The number of ether oxygens (including phenoxy) is 2. The molecule has 0 unspecified atom stereocenters. The second kappa shape index (κ2) is 15.6. The van der Waals surface area contributed by atoms with Crippen molar-refractivity contribution in [3.63, 3.8) is 0 Å². The van der Waals surface area contributed by atoms with E-state index < -0.39 is 0 Å². The molecule has 0 aromatic heterocycles. The monoisotopic (exact) mass is 554 g/mol. The third kappa shape index (κ3) is 8.81. The van der Waals surface area contributed by atoms with Gasteiger partial charge < -0.3 is 14.6 Å². The number of hydrogen-bond acceptors (Lipinski definition) is 4. The lowest BCUT2D eigenvalue weighted by Crippen LogP contribution is -2.13. The van der Waals surface area contributed by atoms with E-state index in [2.05, 4.69) is 56.0 Å². The molecule has 1 aliphatic rings. The van der Waals surface area contributed by atoms with Gasteiger partial charge in [-0.3, -0.25) is 0 Å². The first kappa shape index (κ1) is 30.6. The number of aliphatic hydroxyl groups excluding tert-OH is 1. The molecular weight excluding hydrogens is 508 g/mol. The molecule has 0 saturated heterocycles. The number of esters is 1. The highest BCUT2D eigenvalue weighted by Gasteiger charge is 2.22. The van der Waals surface area contributed by atoms with E-state index in [1.165, 1.54) is 62.5 Å². The Hall–Kier alpha value is -3.37. The highest BCUT2D eigenvalue weighted by atomic mass is 16.5. The summed E-state index contributed by atoms with van der Waals surface area (Å²) < 4.78 is 11.0. The molecule has 3 aromatic rings. The predicted octanol–water partition coefficient (Wildman–Crippen LogP) is 8.91. The minimum absolute atomic E-state index is 0.0102. The molecule has 1 N–H and O–H groups in total. The molecule has 218 valence electrons. The van der Waals surface area contributed by atoms with Crippen molar-refractivity contribution in [3.8, 4) is 28.0 Å². The molecule has 0 amide bonds. The van der Waals surface area contributed by atoms with Gasteiger partial charge in [-0.15, -0.1) is 0 Å². The largest absolute Gasteiger partial charge is 0.491 e. The predicted molar refractivity (Wildman–Crippen MR) is 168 cm³/mol. The van der Waals surface area contributed by atoms with Gasteiger partial charge in [-0.1, -0.05) is 93.8 Å². The van der Waals surface area contributed by atoms with Gasteiger partial charge in [0.2, 0.25) is 0 Å². The van der Waals surface area contributed by atoms with Crippen molar-refractivity contribution in [2.24, 2.45) is 5.92 Å². The second-order valence-electron chi connectivity index (χ2n) is 11.5. The fourth-order valence-corrected chi connectivity index (χ4v) is 5.95. The zero-order chi connectivity index (χ0) is 29.0. The summed E-state index contributed by atoms with van der Waals surface area (Å²) in [4.78, 5) is 12.0. The standard InChI is InChI=1S/C37H46O4/c1-4-5-6-7-28-8-10-29(11-9-28)30-12-14-32(15-13-30)36-21-18-33(26-34(36)22-24-41-37(39)27(2)3)31-16-19-35(20-17-31)40-25-23-38/h12-21,26,28-29,38H,2,4-11,22-25H2,1,3H3. The van der Waals surface area contributed by atoms with Crippen molar-refractivity contribution in [3.05, 3.63) is 90.0 Å². The first-order chi connectivity index (χ1) is 20.0. The molecular formula is C37H46O4. The van der Waals surface area contributed by atoms with E-state index in [0.717, 1.165) is 33.9 Å². The van der Waals surface area contributed by atoms with E-state index in [0.29, 0.717) is 24.5 Å². The highest BCUT2D eigenvalue weighted by Crippen LogP contribution is 2.39. The summed E-state index contributed by atoms with van der Waals surface area (Å²) in [7, 11) is 0. The van der Waals surface area contributed by atoms with Crippen molar-refractivity contribution in [1.29, 1.82) is 0 Å². The Morgan fingerprint density at radius 3 is 2.22 bits per heavy atom. The van der Waals surface area contributed by atoms with Crippen LogP contribution >= 0.6 is 0 Å². The Kier molecular flexibility index (Phi) is 11.6. The minimum Gasteiger partial charge on any atom is -0.491 e. The SMILES string of the molecule is C=C(C)C(=O)OCCc1cc(-c2ccc(OCCO)cc2)ccc1-c1ccc(C2CCC(CCCCC)CC2)cc1. The van der Waals surface area contributed by atoms with Crippen LogP contribution in [0, 0.1) is 5.92 Å². The van der Waals surface area contributed by atoms with Gasteiger partial charge in [0.1, 0.15) is 12.4 Å². The molecule has 0 atom stereocenters. The van der Waals surface area contributed by atoms with E-state index in [9.17, 15) is 4.79 Å². The van der Waals surface area contributed by atoms with Crippen LogP contribution in [0.15, 0.2) is 78.9 Å². The Bertz CT molecular complexity index is 1250. The fraction of sp³-hybridized carbons (Fsp3) is 0.432. The van der Waals surface area contributed by atoms with Crippen molar-refractivity contribution in [1.82, 2.24) is 0 Å². The number of unbranched alkanes of at least 4 members (excludes halogenated alkanes) is 2. The van der Waals surface area contributed by atoms with Gasteiger partial charge in [-0.2, -0.15) is 0 Å². The highest BCUT2D eigenvalue weighted by molar-refractivity contribution is 5.87. The van der Waals surface area contributed by atoms with Crippen LogP contribution in [-0.2, 0) is 16.0 Å². The molecule has 3 aromatic carbocycles. The van der Waals surface area contributed by atoms with Gasteiger partial charge in [0.05, 0.1) is 13.2 Å². The van der Waals surface area contributed by atoms with Gasteiger partial charge in [-0.25, -0.2) is 4.79 Å². The average Bonchev–Trinajstić information content (AvgIpc) is 3.01. The smallest absolute Gasteiger partial charge is 0.333 e. The number of benzene rings is 3. The number of rotatable bonds is 14. The molecule has 1 saturated carbocycles. The molecule has 0 radical (unpaired) electrons. The maximum atomic E-state index is 12.0. The number of hydrogen-bond donors (Lipinski definition) is 1. The van der Waals surface area contributed by atoms with Crippen LogP contribution in [0.5, 0.6) is 5.75 Å². The fourth-order valence-electron chi connectivity index (χ4n) is 5.95. The molecule has 0 aliphatic heterocycles. The van der Waals surface area contributed by atoms with Gasteiger partial charge in [0.15, 0.2) is 0 Å². The maximum Gasteiger partial charge on any atom is 0.333 e. The molecule has 1 aliphatic carbocycles. The Balaban J connectivity index is 1.49. The van der Waals surface area contributed by atoms with Crippen LogP contribution in [0.3, 0.4) is 0 Å². The molecule has 41 heavy (non-hydrogen) atoms. The number of aliphatic hydroxyl groups is 1. The van der Waals surface area contributed by atoms with E-state index in [-0.39, 0.29) is 19.2 Å². The van der Waals surface area contributed by atoms with Gasteiger partial charge in [0.25, 0.3) is 0 Å². The van der Waals surface area contributed by atoms with Crippen LogP contribution < -0.4 is 4.74 Å². The van der Waals surface area contributed by atoms with Crippen molar-refractivity contribution >= 4 is 5.97 Å². The topological polar surface area (TPSA) is 55.8 Å². The van der Waals surface area contributed by atoms with Crippen LogP contribution in [0.2, 0.25) is 0 Å². The first-order valence-corrected chi connectivity index (χ1v) is 15.4. The van der Waals surface area contributed by atoms with Crippen LogP contribution in [0.25, 0.3) is 22.3 Å². The van der Waals surface area contributed by atoms with E-state index in [4.69, 9.17) is 14.6 Å². The summed E-state index contributed by atoms with van der Waals surface area (Å²) in [5.41, 5.74) is 7.52. The summed E-state index contributed by atoms with van der Waals surface area (Å²) in [5.74, 6) is 1.96. The van der Waals surface area contributed by atoms with Crippen molar-refractivity contribution < 1.29 is 19.4 Å². The Morgan fingerprint density at radius 1 is 0.878 bits per heavy atom. The van der Waals surface area contributed by atoms with Crippen LogP contribution in [0.4, 0.5) is 0 Å². The number of carbonyl (C=O) groups excluding carboxylic acids is 1. The van der Waals surface area contributed by atoms with Crippen LogP contribution in [0.1, 0.15) is 82.3 Å². The third-order valence-corrected chi connectivity index (χ3v) is 8.36. The Morgan fingerprint density at radius 2 is 1.56 bits per heavy atom. The summed E-state index contributed by atoms with van der Waals surface area (Å²) >= 11 is 0. The lowest BCUT2D eigenvalue weighted by atomic mass is 9.77. The van der Waals surface area contributed by atoms with Gasteiger partial charge >= 0.3 is 5.97 Å². The average molecular weight is 555 g/mol. The first-order valence-electron chi connectivity index (χ1n) is 15.4. The summed E-state index contributed by atoms with van der Waals surface area (Å²) in [5, 5.41) is 9.01. The summed E-state index contributed by atoms with van der Waals surface area (Å²) in [6, 6.07) is 23.6. The zero-order valence-corrected chi connectivity index (χ0v) is 24.9. The third-order valence-electron chi connectivity index (χ3n) is 8.36. The van der Waals surface area contributed by atoms with Gasteiger partial charge in [0, 0.05) is 12.0 Å². The Labute approximate surface area is 246 Å². The van der Waals surface area contributed by atoms with E-state index in [1.807, 2.05) is 24.3 Å². The normalized spacial score (nSPS) is 16.8. The molecule has 0 spiro atoms. The summed E-state index contributed by atoms with van der Waals surface area (Å²) in [6.45, 7) is 8.22. The molecule has 4 rings (SSSR count). The second-order valence-corrected chi connectivity index (χ2v) is 11.5. The summed E-state index contributed by atoms with van der Waals surface area (Å²) in [6.07, 6.45) is 11.4. The molecule has 0 bridgehead atoms. The lowest BCUT2D eigenvalue weighted by Gasteiger charge is -2.29. The van der Waals surface area contributed by atoms with Gasteiger partial charge in [-0.05, 0) is 90.0 Å². The van der Waals surface area contributed by atoms with Crippen molar-refractivity contribution in [2.45, 2.75) is 77.6 Å². The molecule has 4 nitrogen and oxygen atoms in total. The minimum atomic E-state index is -0.356. The van der Waals surface area contributed by atoms with E-state index >= 15 is 0 Å². The quantitative estimate of drug-likeness (QED) is 0.123. The number of carbonyl (C=O) groups is 1. The van der Waals surface area contributed by atoms with Crippen molar-refractivity contribution in [2.75, 3.05) is 19.8 Å². The maximum absolute atomic E-state index is 12.0. The van der Waals surface area contributed by atoms with Crippen LogP contribution in [-0.4, -0.2) is 30.9 Å².